The molecule has 2 N–H and O–H groups in total. The summed E-state index contributed by atoms with van der Waals surface area (Å²) in [4.78, 5) is 10.4. The first kappa shape index (κ1) is 6.48. The van der Waals surface area contributed by atoms with Gasteiger partial charge in [-0.3, -0.25) is 4.31 Å². The van der Waals surface area contributed by atoms with E-state index in [0.29, 0.717) is 6.54 Å². The minimum atomic E-state index is -0.367. The van der Waals surface area contributed by atoms with Gasteiger partial charge in [0.15, 0.2) is 0 Å². The highest BCUT2D eigenvalue weighted by atomic mass is 32.2. The Kier molecular flexibility index (Phi) is 1.66. The maximum absolute atomic E-state index is 10.4. The van der Waals surface area contributed by atoms with Gasteiger partial charge in [-0.1, -0.05) is 0 Å². The van der Waals surface area contributed by atoms with Gasteiger partial charge in [0.25, 0.3) is 0 Å². The number of carbonyl (C=O) groups excluding carboxylic acids is 1. The Bertz CT molecular complexity index is 166. The molecule has 0 saturated carbocycles. The molecule has 9 heavy (non-hydrogen) atoms. The number of hydrogen-bond acceptors (Lipinski definition) is 2. The van der Waals surface area contributed by atoms with Crippen molar-refractivity contribution >= 4 is 18.0 Å². The van der Waals surface area contributed by atoms with Gasteiger partial charge >= 0.3 is 6.03 Å². The lowest BCUT2D eigenvalue weighted by atomic mass is 10.3. The Morgan fingerprint density at radius 2 is 2.67 bits per heavy atom. The fraction of sp³-hybridized carbons (Fsp3) is 0.400. The molecular weight excluding hydrogens is 136 g/mol. The van der Waals surface area contributed by atoms with E-state index in [0.717, 1.165) is 0 Å². The second kappa shape index (κ2) is 2.31. The van der Waals surface area contributed by atoms with Crippen LogP contribution >= 0.6 is 11.9 Å². The smallest absolute Gasteiger partial charge is 0.325 e. The van der Waals surface area contributed by atoms with Crippen molar-refractivity contribution in [2.24, 2.45) is 5.73 Å². The van der Waals surface area contributed by atoms with E-state index < -0.39 is 0 Å². The van der Waals surface area contributed by atoms with Gasteiger partial charge in [-0.05, 0) is 29.9 Å². The summed E-state index contributed by atoms with van der Waals surface area (Å²) in [6.07, 6.45) is 0. The van der Waals surface area contributed by atoms with Gasteiger partial charge in [0.2, 0.25) is 0 Å². The van der Waals surface area contributed by atoms with Crippen molar-refractivity contribution in [1.29, 1.82) is 0 Å². The highest BCUT2D eigenvalue weighted by Crippen LogP contribution is 2.22. The lowest BCUT2D eigenvalue weighted by Gasteiger charge is -2.08. The number of nitrogens with two attached hydrogens (primary N) is 1. The number of hydrogen-bond donors (Lipinski definition) is 1. The summed E-state index contributed by atoms with van der Waals surface area (Å²) >= 11 is 1.36. The Balaban J connectivity index is 2.47. The van der Waals surface area contributed by atoms with Gasteiger partial charge in [0.05, 0.1) is 6.54 Å². The van der Waals surface area contributed by atoms with Gasteiger partial charge in [0, 0.05) is 0 Å². The van der Waals surface area contributed by atoms with E-state index in [4.69, 9.17) is 5.73 Å². The van der Waals surface area contributed by atoms with Crippen molar-refractivity contribution in [3.05, 3.63) is 11.0 Å². The quantitative estimate of drug-likeness (QED) is 0.514. The second-order valence-corrected chi connectivity index (χ2v) is 2.83. The molecule has 0 atom stereocenters. The maximum Gasteiger partial charge on any atom is 0.325 e. The molecular formula is C5H8N2OS. The monoisotopic (exact) mass is 144 g/mol. The van der Waals surface area contributed by atoms with Crippen LogP contribution in [0.4, 0.5) is 4.79 Å². The number of rotatable bonds is 0. The zero-order valence-electron chi connectivity index (χ0n) is 5.13. The van der Waals surface area contributed by atoms with Gasteiger partial charge in [-0.2, -0.15) is 0 Å². The lowest BCUT2D eigenvalue weighted by molar-refractivity contribution is 0.237. The third-order valence-electron chi connectivity index (χ3n) is 1.02. The third kappa shape index (κ3) is 1.38. The van der Waals surface area contributed by atoms with Crippen LogP contribution in [0.25, 0.3) is 0 Å². The zero-order valence-corrected chi connectivity index (χ0v) is 5.94. The van der Waals surface area contributed by atoms with E-state index in [1.165, 1.54) is 21.8 Å². The molecule has 4 heteroatoms. The molecule has 2 amide bonds. The molecule has 1 aliphatic heterocycles. The van der Waals surface area contributed by atoms with Crippen LogP contribution in [0, 0.1) is 0 Å². The van der Waals surface area contributed by atoms with Crippen LogP contribution in [0.5, 0.6) is 0 Å². The highest BCUT2D eigenvalue weighted by molar-refractivity contribution is 8.00. The molecule has 0 radical (unpaired) electrons. The van der Waals surface area contributed by atoms with Crippen LogP contribution in [0.3, 0.4) is 0 Å². The summed E-state index contributed by atoms with van der Waals surface area (Å²) in [5, 5.41) is 1.92. The van der Waals surface area contributed by atoms with Crippen molar-refractivity contribution < 1.29 is 4.79 Å². The molecule has 0 spiro atoms. The summed E-state index contributed by atoms with van der Waals surface area (Å²) in [6, 6.07) is -0.367. The lowest BCUT2D eigenvalue weighted by Crippen LogP contribution is -2.28. The van der Waals surface area contributed by atoms with Crippen LogP contribution in [-0.2, 0) is 0 Å². The Morgan fingerprint density at radius 1 is 2.00 bits per heavy atom. The van der Waals surface area contributed by atoms with E-state index in [1.807, 2.05) is 12.3 Å². The molecule has 0 aromatic heterocycles. The first-order valence-corrected chi connectivity index (χ1v) is 3.43. The van der Waals surface area contributed by atoms with E-state index in [2.05, 4.69) is 0 Å². The molecule has 0 unspecified atom stereocenters. The average Bonchev–Trinajstić information content (AvgIpc) is 2.14. The largest absolute Gasteiger partial charge is 0.351 e. The summed E-state index contributed by atoms with van der Waals surface area (Å²) < 4.78 is 1.51. The summed E-state index contributed by atoms with van der Waals surface area (Å²) in [5.41, 5.74) is 6.17. The van der Waals surface area contributed by atoms with Crippen LogP contribution in [0.15, 0.2) is 11.0 Å². The molecule has 0 fully saturated rings. The molecule has 1 heterocycles. The van der Waals surface area contributed by atoms with Crippen molar-refractivity contribution in [3.8, 4) is 0 Å². The SMILES string of the molecule is CC1=CSN(C(N)=O)C1. The molecule has 0 aliphatic carbocycles. The first-order chi connectivity index (χ1) is 4.20. The fourth-order valence-electron chi connectivity index (χ4n) is 0.585. The fourth-order valence-corrected chi connectivity index (χ4v) is 1.35. The van der Waals surface area contributed by atoms with Gasteiger partial charge in [-0.15, -0.1) is 0 Å². The third-order valence-corrected chi connectivity index (χ3v) is 2.09. The first-order valence-electron chi connectivity index (χ1n) is 2.59. The predicted octanol–water partition coefficient (Wildman–Crippen LogP) is 0.933. The van der Waals surface area contributed by atoms with E-state index in [1.54, 1.807) is 0 Å². The summed E-state index contributed by atoms with van der Waals surface area (Å²) in [7, 11) is 0. The molecule has 0 aromatic carbocycles. The number of carbonyl (C=O) groups is 1. The Labute approximate surface area is 58.0 Å². The van der Waals surface area contributed by atoms with Crippen LogP contribution in [0.2, 0.25) is 0 Å². The minimum Gasteiger partial charge on any atom is -0.351 e. The Hall–Kier alpha value is -0.640. The van der Waals surface area contributed by atoms with Gasteiger partial charge in [0.1, 0.15) is 0 Å². The van der Waals surface area contributed by atoms with Crippen molar-refractivity contribution in [1.82, 2.24) is 4.31 Å². The summed E-state index contributed by atoms with van der Waals surface area (Å²) in [5.74, 6) is 0. The average molecular weight is 144 g/mol. The maximum atomic E-state index is 10.4. The zero-order chi connectivity index (χ0) is 6.85. The topological polar surface area (TPSA) is 46.3 Å². The molecule has 0 saturated heterocycles. The highest BCUT2D eigenvalue weighted by Gasteiger charge is 2.14. The van der Waals surface area contributed by atoms with Gasteiger partial charge < -0.3 is 5.73 Å². The molecule has 3 nitrogen and oxygen atoms in total. The minimum absolute atomic E-state index is 0.367. The van der Waals surface area contributed by atoms with Gasteiger partial charge in [-0.25, -0.2) is 4.79 Å². The summed E-state index contributed by atoms with van der Waals surface area (Å²) in [6.45, 7) is 2.63. The molecule has 0 aromatic rings. The van der Waals surface area contributed by atoms with Crippen LogP contribution < -0.4 is 5.73 Å². The number of nitrogens with zero attached hydrogens (tertiary/aromatic N) is 1. The standard InChI is InChI=1S/C5H8N2OS/c1-4-2-7(5(6)8)9-3-4/h3H,2H2,1H3,(H2,6,8). The van der Waals surface area contributed by atoms with Crippen LogP contribution in [0.1, 0.15) is 6.92 Å². The number of primary amides is 1. The Morgan fingerprint density at radius 3 is 2.89 bits per heavy atom. The molecule has 1 aliphatic rings. The molecule has 0 bridgehead atoms. The van der Waals surface area contributed by atoms with Crippen LogP contribution in [-0.4, -0.2) is 16.9 Å². The molecule has 1 rings (SSSR count). The normalized spacial score (nSPS) is 17.9. The second-order valence-electron chi connectivity index (χ2n) is 1.94. The number of urea groups is 1. The predicted molar refractivity (Wildman–Crippen MR) is 37.6 cm³/mol. The van der Waals surface area contributed by atoms with E-state index in [-0.39, 0.29) is 6.03 Å². The van der Waals surface area contributed by atoms with Crippen molar-refractivity contribution in [2.75, 3.05) is 6.54 Å². The van der Waals surface area contributed by atoms with Crippen molar-refractivity contribution in [2.45, 2.75) is 6.92 Å². The van der Waals surface area contributed by atoms with E-state index in [9.17, 15) is 4.79 Å². The molecule has 50 valence electrons. The van der Waals surface area contributed by atoms with E-state index >= 15 is 0 Å². The van der Waals surface area contributed by atoms with Crippen molar-refractivity contribution in [3.63, 3.8) is 0 Å². The number of amides is 2.